The van der Waals surface area contributed by atoms with Gasteiger partial charge in [-0.05, 0) is 48.4 Å². The predicted octanol–water partition coefficient (Wildman–Crippen LogP) is 4.34. The summed E-state index contributed by atoms with van der Waals surface area (Å²) in [4.78, 5) is 25.5. The van der Waals surface area contributed by atoms with E-state index in [1.165, 1.54) is 11.3 Å². The molecule has 1 saturated carbocycles. The van der Waals surface area contributed by atoms with Crippen LogP contribution in [-0.2, 0) is 10.2 Å². The maximum Gasteiger partial charge on any atom is 0.265 e. The van der Waals surface area contributed by atoms with Crippen LogP contribution in [0.5, 0.6) is 0 Å². The van der Waals surface area contributed by atoms with Crippen molar-refractivity contribution in [2.24, 2.45) is 0 Å². The Morgan fingerprint density at radius 3 is 2.48 bits per heavy atom. The van der Waals surface area contributed by atoms with Gasteiger partial charge < -0.3 is 10.6 Å². The van der Waals surface area contributed by atoms with Crippen molar-refractivity contribution in [2.75, 3.05) is 11.9 Å². The van der Waals surface area contributed by atoms with E-state index in [1.807, 2.05) is 35.7 Å². The van der Waals surface area contributed by atoms with Crippen molar-refractivity contribution < 1.29 is 9.59 Å². The first-order valence-electron chi connectivity index (χ1n) is 8.89. The summed E-state index contributed by atoms with van der Waals surface area (Å²) in [5, 5.41) is 7.87. The zero-order valence-electron chi connectivity index (χ0n) is 14.5. The highest BCUT2D eigenvalue weighted by molar-refractivity contribution is 7.12. The fourth-order valence-electron chi connectivity index (χ4n) is 3.20. The number of thiophene rings is 1. The second-order valence-corrected chi connectivity index (χ2v) is 7.50. The number of carbonyl (C=O) groups excluding carboxylic acids is 2. The van der Waals surface area contributed by atoms with Gasteiger partial charge in [-0.15, -0.1) is 11.3 Å². The molecule has 0 spiro atoms. The molecular weight excluding hydrogens is 332 g/mol. The zero-order chi connectivity index (χ0) is 17.7. The lowest BCUT2D eigenvalue weighted by atomic mass is 9.63. The maximum absolute atomic E-state index is 12.7. The number of anilines is 1. The Kier molecular flexibility index (Phi) is 5.53. The Morgan fingerprint density at radius 1 is 1.16 bits per heavy atom. The minimum Gasteiger partial charge on any atom is -0.355 e. The normalized spacial score (nSPS) is 15.2. The number of carbonyl (C=O) groups is 2. The highest BCUT2D eigenvalue weighted by atomic mass is 32.1. The highest BCUT2D eigenvalue weighted by Crippen LogP contribution is 2.44. The molecule has 2 N–H and O–H groups in total. The van der Waals surface area contributed by atoms with Crippen molar-refractivity contribution in [3.8, 4) is 0 Å². The molecular formula is C20H24N2O2S. The first-order valence-corrected chi connectivity index (χ1v) is 9.77. The second kappa shape index (κ2) is 7.83. The third-order valence-corrected chi connectivity index (χ3v) is 5.77. The van der Waals surface area contributed by atoms with Gasteiger partial charge in [-0.1, -0.05) is 38.0 Å². The van der Waals surface area contributed by atoms with E-state index in [0.29, 0.717) is 4.88 Å². The molecule has 4 nitrogen and oxygen atoms in total. The summed E-state index contributed by atoms with van der Waals surface area (Å²) in [6.45, 7) is 2.86. The summed E-state index contributed by atoms with van der Waals surface area (Å²) in [7, 11) is 0. The van der Waals surface area contributed by atoms with Crippen LogP contribution in [0.25, 0.3) is 0 Å². The summed E-state index contributed by atoms with van der Waals surface area (Å²) in [6.07, 6.45) is 4.96. The van der Waals surface area contributed by atoms with E-state index >= 15 is 0 Å². The lowest BCUT2D eigenvalue weighted by molar-refractivity contribution is -0.129. The Balaban J connectivity index is 1.68. The van der Waals surface area contributed by atoms with Crippen LogP contribution in [0.3, 0.4) is 0 Å². The van der Waals surface area contributed by atoms with Gasteiger partial charge in [-0.2, -0.15) is 0 Å². The van der Waals surface area contributed by atoms with Crippen molar-refractivity contribution in [3.63, 3.8) is 0 Å². The van der Waals surface area contributed by atoms with E-state index in [2.05, 4.69) is 17.6 Å². The number of hydrogen-bond donors (Lipinski definition) is 2. The molecule has 2 amide bonds. The molecule has 1 aliphatic carbocycles. The number of rotatable bonds is 7. The minimum absolute atomic E-state index is 0.0987. The topological polar surface area (TPSA) is 58.2 Å². The summed E-state index contributed by atoms with van der Waals surface area (Å²) >= 11 is 1.42. The lowest BCUT2D eigenvalue weighted by Gasteiger charge is -2.40. The molecule has 0 bridgehead atoms. The van der Waals surface area contributed by atoms with Gasteiger partial charge in [0.25, 0.3) is 5.91 Å². The highest BCUT2D eigenvalue weighted by Gasteiger charge is 2.45. The summed E-state index contributed by atoms with van der Waals surface area (Å²) in [6, 6.07) is 11.4. The average Bonchev–Trinajstić information content (AvgIpc) is 3.10. The second-order valence-electron chi connectivity index (χ2n) is 6.55. The van der Waals surface area contributed by atoms with E-state index in [-0.39, 0.29) is 17.2 Å². The standard InChI is InChI=1S/C20H24N2O2S/c1-2-3-13-21-19(24)20(11-5-12-20)15-7-9-16(10-8-15)22-18(23)17-6-4-14-25-17/h4,6-10,14H,2-3,5,11-13H2,1H3,(H,21,24)(H,22,23). The summed E-state index contributed by atoms with van der Waals surface area (Å²) in [5.74, 6) is 0.0426. The third kappa shape index (κ3) is 3.76. The van der Waals surface area contributed by atoms with Crippen molar-refractivity contribution in [1.82, 2.24) is 5.32 Å². The SMILES string of the molecule is CCCCNC(=O)C1(c2ccc(NC(=O)c3cccs3)cc2)CCC1. The van der Waals surface area contributed by atoms with Crippen molar-refractivity contribution >= 4 is 28.8 Å². The van der Waals surface area contributed by atoms with E-state index < -0.39 is 0 Å². The van der Waals surface area contributed by atoms with Gasteiger partial charge in [-0.25, -0.2) is 0 Å². The molecule has 1 fully saturated rings. The monoisotopic (exact) mass is 356 g/mol. The number of nitrogens with one attached hydrogen (secondary N) is 2. The van der Waals surface area contributed by atoms with Crippen LogP contribution in [0, 0.1) is 0 Å². The molecule has 1 aromatic heterocycles. The van der Waals surface area contributed by atoms with Gasteiger partial charge in [0.15, 0.2) is 0 Å². The van der Waals surface area contributed by atoms with Gasteiger partial charge in [0.1, 0.15) is 0 Å². The third-order valence-electron chi connectivity index (χ3n) is 4.90. The Hall–Kier alpha value is -2.14. The molecule has 0 saturated heterocycles. The van der Waals surface area contributed by atoms with Crippen molar-refractivity contribution in [1.29, 1.82) is 0 Å². The molecule has 2 aromatic rings. The number of amides is 2. The Bertz CT molecular complexity index is 719. The number of unbranched alkanes of at least 4 members (excludes halogenated alkanes) is 1. The molecule has 25 heavy (non-hydrogen) atoms. The minimum atomic E-state index is -0.385. The van der Waals surface area contributed by atoms with Crippen LogP contribution in [0.2, 0.25) is 0 Å². The van der Waals surface area contributed by atoms with Crippen LogP contribution in [-0.4, -0.2) is 18.4 Å². The fraction of sp³-hybridized carbons (Fsp3) is 0.400. The molecule has 0 radical (unpaired) electrons. The summed E-state index contributed by atoms with van der Waals surface area (Å²) < 4.78 is 0. The molecule has 132 valence electrons. The molecule has 0 atom stereocenters. The lowest BCUT2D eigenvalue weighted by Crippen LogP contribution is -2.49. The maximum atomic E-state index is 12.7. The van der Waals surface area contributed by atoms with Crippen LogP contribution in [0.1, 0.15) is 54.3 Å². The van der Waals surface area contributed by atoms with Crippen LogP contribution in [0.15, 0.2) is 41.8 Å². The van der Waals surface area contributed by atoms with E-state index in [0.717, 1.165) is 49.9 Å². The smallest absolute Gasteiger partial charge is 0.265 e. The largest absolute Gasteiger partial charge is 0.355 e. The molecule has 0 aliphatic heterocycles. The molecule has 1 heterocycles. The number of benzene rings is 1. The summed E-state index contributed by atoms with van der Waals surface area (Å²) in [5.41, 5.74) is 1.41. The van der Waals surface area contributed by atoms with Crippen LogP contribution in [0.4, 0.5) is 5.69 Å². The molecule has 5 heteroatoms. The van der Waals surface area contributed by atoms with Crippen molar-refractivity contribution in [3.05, 3.63) is 52.2 Å². The Morgan fingerprint density at radius 2 is 1.92 bits per heavy atom. The van der Waals surface area contributed by atoms with Gasteiger partial charge in [0.05, 0.1) is 10.3 Å². The van der Waals surface area contributed by atoms with E-state index in [1.54, 1.807) is 6.07 Å². The van der Waals surface area contributed by atoms with Crippen LogP contribution < -0.4 is 10.6 Å². The molecule has 1 aromatic carbocycles. The first kappa shape index (κ1) is 17.7. The van der Waals surface area contributed by atoms with Gasteiger partial charge in [0, 0.05) is 12.2 Å². The van der Waals surface area contributed by atoms with Gasteiger partial charge >= 0.3 is 0 Å². The molecule has 0 unspecified atom stereocenters. The van der Waals surface area contributed by atoms with Crippen molar-refractivity contribution in [2.45, 2.75) is 44.4 Å². The predicted molar refractivity (Wildman–Crippen MR) is 102 cm³/mol. The number of hydrogen-bond acceptors (Lipinski definition) is 3. The van der Waals surface area contributed by atoms with E-state index in [4.69, 9.17) is 0 Å². The fourth-order valence-corrected chi connectivity index (χ4v) is 3.82. The van der Waals surface area contributed by atoms with Gasteiger partial charge in [0.2, 0.25) is 5.91 Å². The Labute approximate surface area is 152 Å². The average molecular weight is 356 g/mol. The quantitative estimate of drug-likeness (QED) is 0.725. The molecule has 3 rings (SSSR count). The zero-order valence-corrected chi connectivity index (χ0v) is 15.3. The van der Waals surface area contributed by atoms with E-state index in [9.17, 15) is 9.59 Å². The van der Waals surface area contributed by atoms with Crippen LogP contribution >= 0.6 is 11.3 Å². The molecule has 1 aliphatic rings. The first-order chi connectivity index (χ1) is 12.2. The van der Waals surface area contributed by atoms with Gasteiger partial charge in [-0.3, -0.25) is 9.59 Å².